The van der Waals surface area contributed by atoms with E-state index in [2.05, 4.69) is 31.4 Å². The first kappa shape index (κ1) is 21.6. The second-order valence-corrected chi connectivity index (χ2v) is 7.43. The SMILES string of the molecule is CC(C)(C)c1ccc(OCCCNC(=O)Nc2ccc(C(F)(F)F)cc2)cc1. The summed E-state index contributed by atoms with van der Waals surface area (Å²) >= 11 is 0. The Balaban J connectivity index is 1.67. The van der Waals surface area contributed by atoms with Crippen molar-refractivity contribution in [3.8, 4) is 5.75 Å². The van der Waals surface area contributed by atoms with Crippen molar-refractivity contribution in [1.82, 2.24) is 5.32 Å². The molecule has 0 fully saturated rings. The van der Waals surface area contributed by atoms with Crippen LogP contribution in [-0.2, 0) is 11.6 Å². The van der Waals surface area contributed by atoms with E-state index >= 15 is 0 Å². The summed E-state index contributed by atoms with van der Waals surface area (Å²) in [6.45, 7) is 7.25. The zero-order chi connectivity index (χ0) is 20.8. The fraction of sp³-hybridized carbons (Fsp3) is 0.381. The van der Waals surface area contributed by atoms with E-state index in [1.807, 2.05) is 24.3 Å². The van der Waals surface area contributed by atoms with Crippen LogP contribution >= 0.6 is 0 Å². The fourth-order valence-corrected chi connectivity index (χ4v) is 2.43. The van der Waals surface area contributed by atoms with E-state index in [-0.39, 0.29) is 5.41 Å². The second kappa shape index (κ2) is 8.99. The van der Waals surface area contributed by atoms with Gasteiger partial charge in [0, 0.05) is 12.2 Å². The number of nitrogens with one attached hydrogen (secondary N) is 2. The predicted octanol–water partition coefficient (Wildman–Crippen LogP) is 5.59. The molecule has 2 N–H and O–H groups in total. The molecule has 0 heterocycles. The molecule has 152 valence electrons. The van der Waals surface area contributed by atoms with Crippen LogP contribution in [0.25, 0.3) is 0 Å². The Bertz CT molecular complexity index is 764. The average molecular weight is 394 g/mol. The van der Waals surface area contributed by atoms with Crippen molar-refractivity contribution in [1.29, 1.82) is 0 Å². The van der Waals surface area contributed by atoms with Crippen LogP contribution in [0.15, 0.2) is 48.5 Å². The molecular formula is C21H25F3N2O2. The summed E-state index contributed by atoms with van der Waals surface area (Å²) < 4.78 is 43.2. The first-order valence-electron chi connectivity index (χ1n) is 9.01. The summed E-state index contributed by atoms with van der Waals surface area (Å²) in [5.74, 6) is 0.766. The van der Waals surface area contributed by atoms with Gasteiger partial charge in [-0.2, -0.15) is 13.2 Å². The minimum atomic E-state index is -4.39. The highest BCUT2D eigenvalue weighted by Gasteiger charge is 2.29. The quantitative estimate of drug-likeness (QED) is 0.627. The van der Waals surface area contributed by atoms with Crippen LogP contribution in [0.1, 0.15) is 38.3 Å². The number of alkyl halides is 3. The van der Waals surface area contributed by atoms with Crippen LogP contribution in [0.5, 0.6) is 5.75 Å². The fourth-order valence-electron chi connectivity index (χ4n) is 2.43. The average Bonchev–Trinajstić information content (AvgIpc) is 2.61. The summed E-state index contributed by atoms with van der Waals surface area (Å²) in [7, 11) is 0. The van der Waals surface area contributed by atoms with Gasteiger partial charge in [0.25, 0.3) is 0 Å². The smallest absolute Gasteiger partial charge is 0.416 e. The summed E-state index contributed by atoms with van der Waals surface area (Å²) in [4.78, 5) is 11.8. The highest BCUT2D eigenvalue weighted by molar-refractivity contribution is 5.89. The number of hydrogen-bond donors (Lipinski definition) is 2. The number of hydrogen-bond acceptors (Lipinski definition) is 2. The lowest BCUT2D eigenvalue weighted by atomic mass is 9.87. The minimum Gasteiger partial charge on any atom is -0.494 e. The van der Waals surface area contributed by atoms with Crippen molar-refractivity contribution in [3.63, 3.8) is 0 Å². The maximum Gasteiger partial charge on any atom is 0.416 e. The van der Waals surface area contributed by atoms with E-state index in [0.29, 0.717) is 25.3 Å². The van der Waals surface area contributed by atoms with Crippen LogP contribution in [-0.4, -0.2) is 19.2 Å². The van der Waals surface area contributed by atoms with E-state index in [1.54, 1.807) is 0 Å². The summed E-state index contributed by atoms with van der Waals surface area (Å²) in [5.41, 5.74) is 0.844. The molecule has 0 atom stereocenters. The van der Waals surface area contributed by atoms with Gasteiger partial charge in [0.15, 0.2) is 0 Å². The molecule has 2 aromatic carbocycles. The number of carbonyl (C=O) groups excluding carboxylic acids is 1. The number of carbonyl (C=O) groups is 1. The third-order valence-corrected chi connectivity index (χ3v) is 4.07. The standard InChI is InChI=1S/C21H25F3N2O2/c1-20(2,3)15-7-11-18(12-8-15)28-14-4-13-25-19(27)26-17-9-5-16(6-10-17)21(22,23)24/h5-12H,4,13-14H2,1-3H3,(H2,25,26,27). The lowest BCUT2D eigenvalue weighted by Crippen LogP contribution is -2.30. The molecule has 0 saturated heterocycles. The number of ether oxygens (including phenoxy) is 1. The molecule has 0 radical (unpaired) electrons. The van der Waals surface area contributed by atoms with Gasteiger partial charge in [0.1, 0.15) is 5.75 Å². The van der Waals surface area contributed by atoms with E-state index < -0.39 is 17.8 Å². The normalized spacial score (nSPS) is 11.8. The summed E-state index contributed by atoms with van der Waals surface area (Å²) in [5, 5.41) is 5.13. The molecule has 0 aromatic heterocycles. The lowest BCUT2D eigenvalue weighted by Gasteiger charge is -2.19. The molecule has 0 unspecified atom stereocenters. The van der Waals surface area contributed by atoms with E-state index in [1.165, 1.54) is 17.7 Å². The molecule has 0 saturated carbocycles. The van der Waals surface area contributed by atoms with Crippen molar-refractivity contribution in [2.45, 2.75) is 38.8 Å². The van der Waals surface area contributed by atoms with E-state index in [9.17, 15) is 18.0 Å². The maximum atomic E-state index is 12.5. The molecule has 0 aliphatic rings. The number of amides is 2. The predicted molar refractivity (Wildman–Crippen MR) is 104 cm³/mol. The topological polar surface area (TPSA) is 50.4 Å². The van der Waals surface area contributed by atoms with Crippen molar-refractivity contribution < 1.29 is 22.7 Å². The Kier molecular flexibility index (Phi) is 6.94. The molecule has 0 aliphatic heterocycles. The highest BCUT2D eigenvalue weighted by atomic mass is 19.4. The molecular weight excluding hydrogens is 369 g/mol. The third-order valence-electron chi connectivity index (χ3n) is 4.07. The first-order valence-corrected chi connectivity index (χ1v) is 9.01. The third kappa shape index (κ3) is 6.79. The number of rotatable bonds is 6. The number of urea groups is 1. The van der Waals surface area contributed by atoms with Gasteiger partial charge in [0.05, 0.1) is 12.2 Å². The van der Waals surface area contributed by atoms with E-state index in [4.69, 9.17) is 4.74 Å². The Labute approximate surface area is 163 Å². The second-order valence-electron chi connectivity index (χ2n) is 7.43. The number of halogens is 3. The molecule has 0 bridgehead atoms. The largest absolute Gasteiger partial charge is 0.494 e. The van der Waals surface area contributed by atoms with Gasteiger partial charge < -0.3 is 15.4 Å². The number of anilines is 1. The first-order chi connectivity index (χ1) is 13.1. The van der Waals surface area contributed by atoms with Gasteiger partial charge >= 0.3 is 12.2 Å². The van der Waals surface area contributed by atoms with Crippen LogP contribution < -0.4 is 15.4 Å². The minimum absolute atomic E-state index is 0.0862. The Hall–Kier alpha value is -2.70. The summed E-state index contributed by atoms with van der Waals surface area (Å²) in [6.07, 6.45) is -3.80. The van der Waals surface area contributed by atoms with Gasteiger partial charge in [-0.1, -0.05) is 32.9 Å². The van der Waals surface area contributed by atoms with E-state index in [0.717, 1.165) is 17.9 Å². The molecule has 2 rings (SSSR count). The molecule has 0 aliphatic carbocycles. The van der Waals surface area contributed by atoms with Crippen molar-refractivity contribution in [2.75, 3.05) is 18.5 Å². The van der Waals surface area contributed by atoms with Gasteiger partial charge in [-0.15, -0.1) is 0 Å². The molecule has 0 spiro atoms. The zero-order valence-corrected chi connectivity index (χ0v) is 16.2. The Morgan fingerprint density at radius 2 is 1.50 bits per heavy atom. The molecule has 7 heteroatoms. The van der Waals surface area contributed by atoms with Crippen LogP contribution in [0.4, 0.5) is 23.7 Å². The van der Waals surface area contributed by atoms with Crippen molar-refractivity contribution in [3.05, 3.63) is 59.7 Å². The molecule has 2 aromatic rings. The van der Waals surface area contributed by atoms with Gasteiger partial charge in [-0.25, -0.2) is 4.79 Å². The Morgan fingerprint density at radius 3 is 2.04 bits per heavy atom. The Morgan fingerprint density at radius 1 is 0.929 bits per heavy atom. The van der Waals surface area contributed by atoms with Crippen molar-refractivity contribution in [2.24, 2.45) is 0 Å². The van der Waals surface area contributed by atoms with Crippen LogP contribution in [0.3, 0.4) is 0 Å². The van der Waals surface area contributed by atoms with Crippen LogP contribution in [0.2, 0.25) is 0 Å². The molecule has 28 heavy (non-hydrogen) atoms. The van der Waals surface area contributed by atoms with Gasteiger partial charge in [-0.3, -0.25) is 0 Å². The maximum absolute atomic E-state index is 12.5. The molecule has 2 amide bonds. The van der Waals surface area contributed by atoms with Crippen molar-refractivity contribution >= 4 is 11.7 Å². The highest BCUT2D eigenvalue weighted by Crippen LogP contribution is 2.29. The van der Waals surface area contributed by atoms with Crippen LogP contribution in [0, 0.1) is 0 Å². The molecule has 4 nitrogen and oxygen atoms in total. The van der Waals surface area contributed by atoms with Gasteiger partial charge in [0.2, 0.25) is 0 Å². The summed E-state index contributed by atoms with van der Waals surface area (Å²) in [6, 6.07) is 11.7. The lowest BCUT2D eigenvalue weighted by molar-refractivity contribution is -0.137. The zero-order valence-electron chi connectivity index (χ0n) is 16.2. The number of benzene rings is 2. The van der Waals surface area contributed by atoms with Gasteiger partial charge in [-0.05, 0) is 53.8 Å². The monoisotopic (exact) mass is 394 g/mol.